The molecule has 1 aromatic rings. The Balaban J connectivity index is 2.00. The molecule has 1 aliphatic rings. The Morgan fingerprint density at radius 1 is 1.24 bits per heavy atom. The fourth-order valence-electron chi connectivity index (χ4n) is 3.25. The molecule has 5 heteroatoms. The summed E-state index contributed by atoms with van der Waals surface area (Å²) in [5.41, 5.74) is 1.30. The highest BCUT2D eigenvalue weighted by Crippen LogP contribution is 2.27. The number of benzene rings is 1. The highest BCUT2D eigenvalue weighted by Gasteiger charge is 2.24. The van der Waals surface area contributed by atoms with Gasteiger partial charge in [0.15, 0.2) is 5.96 Å². The molecule has 0 aromatic heterocycles. The summed E-state index contributed by atoms with van der Waals surface area (Å²) in [6, 6.07) is 8.76. The van der Waals surface area contributed by atoms with Crippen LogP contribution in [0.25, 0.3) is 0 Å². The van der Waals surface area contributed by atoms with Crippen LogP contribution in [-0.4, -0.2) is 51.2 Å². The van der Waals surface area contributed by atoms with E-state index in [-0.39, 0.29) is 0 Å². The standard InChI is InChI=1S/C20H34N4O/c1-16(2)10-11-22-20(21-3)23-15-19(24-12-5-6-13-24)17-8-7-9-18(14-17)25-4/h7-9,14,16,19H,5-6,10-13,15H2,1-4H3,(H2,21,22,23). The van der Waals surface area contributed by atoms with E-state index in [2.05, 4.69) is 52.6 Å². The molecule has 1 heterocycles. The smallest absolute Gasteiger partial charge is 0.191 e. The van der Waals surface area contributed by atoms with Crippen molar-refractivity contribution in [3.63, 3.8) is 0 Å². The van der Waals surface area contributed by atoms with Gasteiger partial charge in [-0.3, -0.25) is 9.89 Å². The Kier molecular flexibility index (Phi) is 8.06. The Morgan fingerprint density at radius 2 is 2.00 bits per heavy atom. The summed E-state index contributed by atoms with van der Waals surface area (Å²) in [7, 11) is 3.56. The largest absolute Gasteiger partial charge is 0.497 e. The van der Waals surface area contributed by atoms with Crippen LogP contribution in [-0.2, 0) is 0 Å². The minimum Gasteiger partial charge on any atom is -0.497 e. The second-order valence-electron chi connectivity index (χ2n) is 7.10. The number of aliphatic imine (C=N–C) groups is 1. The normalized spacial score (nSPS) is 16.9. The van der Waals surface area contributed by atoms with Crippen molar-refractivity contribution in [2.24, 2.45) is 10.9 Å². The lowest BCUT2D eigenvalue weighted by Crippen LogP contribution is -2.43. The van der Waals surface area contributed by atoms with Gasteiger partial charge in [-0.25, -0.2) is 0 Å². The number of ether oxygens (including phenoxy) is 1. The topological polar surface area (TPSA) is 48.9 Å². The molecule has 0 spiro atoms. The number of nitrogens with zero attached hydrogens (tertiary/aromatic N) is 2. The van der Waals surface area contributed by atoms with Crippen molar-refractivity contribution in [1.29, 1.82) is 0 Å². The third-order valence-corrected chi connectivity index (χ3v) is 4.76. The molecule has 140 valence electrons. The van der Waals surface area contributed by atoms with Crippen LogP contribution < -0.4 is 15.4 Å². The van der Waals surface area contributed by atoms with Crippen LogP contribution >= 0.6 is 0 Å². The van der Waals surface area contributed by atoms with Crippen LogP contribution in [0.4, 0.5) is 0 Å². The summed E-state index contributed by atoms with van der Waals surface area (Å²) >= 11 is 0. The number of hydrogen-bond donors (Lipinski definition) is 2. The predicted molar refractivity (Wildman–Crippen MR) is 105 cm³/mol. The number of methoxy groups -OCH3 is 1. The molecule has 1 aliphatic heterocycles. The fraction of sp³-hybridized carbons (Fsp3) is 0.650. The van der Waals surface area contributed by atoms with Crippen LogP contribution in [0, 0.1) is 5.92 Å². The lowest BCUT2D eigenvalue weighted by atomic mass is 10.1. The maximum atomic E-state index is 5.41. The van der Waals surface area contributed by atoms with E-state index in [0.29, 0.717) is 12.0 Å². The monoisotopic (exact) mass is 346 g/mol. The van der Waals surface area contributed by atoms with Gasteiger partial charge in [-0.2, -0.15) is 0 Å². The molecule has 1 fully saturated rings. The van der Waals surface area contributed by atoms with Gasteiger partial charge in [0.25, 0.3) is 0 Å². The molecule has 2 N–H and O–H groups in total. The van der Waals surface area contributed by atoms with Gasteiger partial charge in [-0.05, 0) is 56.0 Å². The molecule has 0 aliphatic carbocycles. The lowest BCUT2D eigenvalue weighted by Gasteiger charge is -2.29. The van der Waals surface area contributed by atoms with Gasteiger partial charge in [0.1, 0.15) is 5.75 Å². The molecule has 1 atom stereocenters. The molecule has 0 amide bonds. The summed E-state index contributed by atoms with van der Waals surface area (Å²) < 4.78 is 5.41. The van der Waals surface area contributed by atoms with E-state index < -0.39 is 0 Å². The third kappa shape index (κ3) is 6.24. The van der Waals surface area contributed by atoms with Crippen molar-refractivity contribution in [3.8, 4) is 5.75 Å². The molecular weight excluding hydrogens is 312 g/mol. The number of hydrogen-bond acceptors (Lipinski definition) is 3. The first kappa shape index (κ1) is 19.6. The maximum Gasteiger partial charge on any atom is 0.191 e. The minimum atomic E-state index is 0.334. The van der Waals surface area contributed by atoms with Crippen LogP contribution in [0.2, 0.25) is 0 Å². The van der Waals surface area contributed by atoms with Gasteiger partial charge in [-0.15, -0.1) is 0 Å². The van der Waals surface area contributed by atoms with E-state index in [0.717, 1.165) is 44.3 Å². The van der Waals surface area contributed by atoms with E-state index in [1.807, 2.05) is 13.1 Å². The van der Waals surface area contributed by atoms with Gasteiger partial charge in [-0.1, -0.05) is 26.0 Å². The Labute approximate surface area is 152 Å². The maximum absolute atomic E-state index is 5.41. The molecule has 25 heavy (non-hydrogen) atoms. The minimum absolute atomic E-state index is 0.334. The fourth-order valence-corrected chi connectivity index (χ4v) is 3.25. The summed E-state index contributed by atoms with van der Waals surface area (Å²) in [6.07, 6.45) is 3.70. The number of nitrogens with one attached hydrogen (secondary N) is 2. The first-order valence-electron chi connectivity index (χ1n) is 9.46. The Morgan fingerprint density at radius 3 is 2.64 bits per heavy atom. The Bertz CT molecular complexity index is 538. The van der Waals surface area contributed by atoms with E-state index in [4.69, 9.17) is 4.74 Å². The zero-order valence-electron chi connectivity index (χ0n) is 16.2. The first-order valence-corrected chi connectivity index (χ1v) is 9.46. The molecule has 1 aromatic carbocycles. The quantitative estimate of drug-likeness (QED) is 0.561. The Hall–Kier alpha value is -1.75. The molecule has 0 radical (unpaired) electrons. The SMILES string of the molecule is CN=C(NCCC(C)C)NCC(c1cccc(OC)c1)N1CCCC1. The average molecular weight is 347 g/mol. The van der Waals surface area contributed by atoms with Gasteiger partial charge >= 0.3 is 0 Å². The zero-order valence-corrected chi connectivity index (χ0v) is 16.2. The highest BCUT2D eigenvalue weighted by molar-refractivity contribution is 5.79. The molecular formula is C20H34N4O. The predicted octanol–water partition coefficient (Wildman–Crippen LogP) is 3.04. The van der Waals surface area contributed by atoms with Crippen molar-refractivity contribution >= 4 is 5.96 Å². The summed E-state index contributed by atoms with van der Waals surface area (Å²) in [5.74, 6) is 2.49. The van der Waals surface area contributed by atoms with Crippen molar-refractivity contribution < 1.29 is 4.74 Å². The van der Waals surface area contributed by atoms with Crippen LogP contribution in [0.1, 0.15) is 44.7 Å². The van der Waals surface area contributed by atoms with E-state index in [9.17, 15) is 0 Å². The van der Waals surface area contributed by atoms with Crippen LogP contribution in [0.15, 0.2) is 29.3 Å². The zero-order chi connectivity index (χ0) is 18.1. The molecule has 1 unspecified atom stereocenters. The highest BCUT2D eigenvalue weighted by atomic mass is 16.5. The van der Waals surface area contributed by atoms with E-state index in [1.54, 1.807) is 7.11 Å². The summed E-state index contributed by atoms with van der Waals surface area (Å²) in [6.45, 7) is 8.58. The number of rotatable bonds is 8. The molecule has 5 nitrogen and oxygen atoms in total. The van der Waals surface area contributed by atoms with Crippen molar-refractivity contribution in [1.82, 2.24) is 15.5 Å². The van der Waals surface area contributed by atoms with Crippen molar-refractivity contribution in [2.75, 3.05) is 40.3 Å². The van der Waals surface area contributed by atoms with Gasteiger partial charge in [0, 0.05) is 20.1 Å². The molecule has 2 rings (SSSR count). The van der Waals surface area contributed by atoms with Gasteiger partial charge in [0.05, 0.1) is 13.2 Å². The third-order valence-electron chi connectivity index (χ3n) is 4.76. The van der Waals surface area contributed by atoms with Crippen LogP contribution in [0.3, 0.4) is 0 Å². The summed E-state index contributed by atoms with van der Waals surface area (Å²) in [4.78, 5) is 6.92. The average Bonchev–Trinajstić information content (AvgIpc) is 3.14. The molecule has 0 bridgehead atoms. The van der Waals surface area contributed by atoms with Crippen molar-refractivity contribution in [2.45, 2.75) is 39.2 Å². The van der Waals surface area contributed by atoms with E-state index in [1.165, 1.54) is 18.4 Å². The van der Waals surface area contributed by atoms with Crippen molar-refractivity contribution in [3.05, 3.63) is 29.8 Å². The van der Waals surface area contributed by atoms with Gasteiger partial charge in [0.2, 0.25) is 0 Å². The molecule has 0 saturated carbocycles. The number of likely N-dealkylation sites (tertiary alicyclic amines) is 1. The van der Waals surface area contributed by atoms with E-state index >= 15 is 0 Å². The summed E-state index contributed by atoms with van der Waals surface area (Å²) in [5, 5.41) is 6.93. The lowest BCUT2D eigenvalue weighted by molar-refractivity contribution is 0.245. The second-order valence-corrected chi connectivity index (χ2v) is 7.10. The van der Waals surface area contributed by atoms with Crippen LogP contribution in [0.5, 0.6) is 5.75 Å². The number of guanidine groups is 1. The first-order chi connectivity index (χ1) is 12.1. The second kappa shape index (κ2) is 10.3. The molecule has 1 saturated heterocycles. The van der Waals surface area contributed by atoms with Gasteiger partial charge < -0.3 is 15.4 Å².